The highest BCUT2D eigenvalue weighted by Crippen LogP contribution is 2.15. The van der Waals surface area contributed by atoms with Crippen molar-refractivity contribution in [2.75, 3.05) is 7.11 Å². The highest BCUT2D eigenvalue weighted by molar-refractivity contribution is 5.90. The van der Waals surface area contributed by atoms with Crippen LogP contribution in [0.3, 0.4) is 0 Å². The van der Waals surface area contributed by atoms with Crippen LogP contribution in [0.2, 0.25) is 0 Å². The molecule has 1 unspecified atom stereocenters. The summed E-state index contributed by atoms with van der Waals surface area (Å²) >= 11 is 0. The summed E-state index contributed by atoms with van der Waals surface area (Å²) in [6, 6.07) is 17.3. The number of benzene rings is 2. The van der Waals surface area contributed by atoms with Gasteiger partial charge in [0.1, 0.15) is 0 Å². The quantitative estimate of drug-likeness (QED) is 0.829. The number of carbonyl (C=O) groups excluding carboxylic acids is 1. The molecule has 21 heavy (non-hydrogen) atoms. The van der Waals surface area contributed by atoms with E-state index in [-0.39, 0.29) is 5.97 Å². The molecule has 0 bridgehead atoms. The van der Waals surface area contributed by atoms with Gasteiger partial charge in [-0.1, -0.05) is 48.5 Å². The van der Waals surface area contributed by atoms with Crippen molar-refractivity contribution in [3.63, 3.8) is 0 Å². The number of aliphatic hydroxyl groups excluding tert-OH is 1. The summed E-state index contributed by atoms with van der Waals surface area (Å²) in [5, 5.41) is 10.1. The van der Waals surface area contributed by atoms with Crippen LogP contribution in [-0.2, 0) is 17.6 Å². The van der Waals surface area contributed by atoms with Gasteiger partial charge in [-0.15, -0.1) is 0 Å². The normalized spacial score (nSPS) is 11.9. The lowest BCUT2D eigenvalue weighted by Gasteiger charge is -2.12. The van der Waals surface area contributed by atoms with Gasteiger partial charge in [0, 0.05) is 0 Å². The van der Waals surface area contributed by atoms with Crippen LogP contribution in [0, 0.1) is 0 Å². The van der Waals surface area contributed by atoms with Crippen molar-refractivity contribution in [3.8, 4) is 0 Å². The largest absolute Gasteiger partial charge is 0.465 e. The number of aliphatic hydroxyl groups is 1. The number of aryl methyl sites for hydroxylation is 1. The molecule has 0 radical (unpaired) electrons. The molecule has 0 saturated heterocycles. The lowest BCUT2D eigenvalue weighted by molar-refractivity contribution is 0.0599. The number of carbonyl (C=O) groups is 1. The third kappa shape index (κ3) is 4.43. The first-order chi connectivity index (χ1) is 10.2. The van der Waals surface area contributed by atoms with Crippen LogP contribution in [0.25, 0.3) is 0 Å². The van der Waals surface area contributed by atoms with Crippen LogP contribution in [0.4, 0.5) is 0 Å². The maximum absolute atomic E-state index is 11.7. The molecular weight excluding hydrogens is 264 g/mol. The monoisotopic (exact) mass is 284 g/mol. The van der Waals surface area contributed by atoms with Crippen molar-refractivity contribution < 1.29 is 14.6 Å². The average Bonchev–Trinajstić information content (AvgIpc) is 2.53. The maximum Gasteiger partial charge on any atom is 0.338 e. The van der Waals surface area contributed by atoms with Crippen molar-refractivity contribution >= 4 is 5.97 Å². The van der Waals surface area contributed by atoms with E-state index >= 15 is 0 Å². The Morgan fingerprint density at radius 1 is 1.10 bits per heavy atom. The molecular formula is C18H20O3. The SMILES string of the molecule is COC(=O)c1ccccc1CCC(O)Cc1ccccc1. The van der Waals surface area contributed by atoms with Gasteiger partial charge in [0.25, 0.3) is 0 Å². The van der Waals surface area contributed by atoms with E-state index in [0.29, 0.717) is 24.8 Å². The van der Waals surface area contributed by atoms with Gasteiger partial charge in [0.2, 0.25) is 0 Å². The fourth-order valence-corrected chi connectivity index (χ4v) is 2.36. The Balaban J connectivity index is 1.95. The summed E-state index contributed by atoms with van der Waals surface area (Å²) in [5.74, 6) is -0.330. The standard InChI is InChI=1S/C18H20O3/c1-21-18(20)17-10-6-5-9-15(17)11-12-16(19)13-14-7-3-2-4-8-14/h2-10,16,19H,11-13H2,1H3. The summed E-state index contributed by atoms with van der Waals surface area (Å²) < 4.78 is 4.78. The second-order valence-corrected chi connectivity index (χ2v) is 5.03. The molecule has 110 valence electrons. The first-order valence-corrected chi connectivity index (χ1v) is 7.09. The summed E-state index contributed by atoms with van der Waals surface area (Å²) in [4.78, 5) is 11.7. The number of esters is 1. The fraction of sp³-hybridized carbons (Fsp3) is 0.278. The zero-order valence-corrected chi connectivity index (χ0v) is 12.2. The van der Waals surface area contributed by atoms with E-state index in [1.54, 1.807) is 6.07 Å². The van der Waals surface area contributed by atoms with Gasteiger partial charge in [-0.05, 0) is 36.5 Å². The van der Waals surface area contributed by atoms with Gasteiger partial charge in [-0.2, -0.15) is 0 Å². The molecule has 0 aliphatic carbocycles. The third-order valence-electron chi connectivity index (χ3n) is 3.48. The van der Waals surface area contributed by atoms with E-state index < -0.39 is 6.10 Å². The van der Waals surface area contributed by atoms with E-state index in [4.69, 9.17) is 4.74 Å². The molecule has 0 spiro atoms. The molecule has 0 aliphatic heterocycles. The topological polar surface area (TPSA) is 46.5 Å². The zero-order valence-electron chi connectivity index (χ0n) is 12.2. The minimum absolute atomic E-state index is 0.330. The first kappa shape index (κ1) is 15.3. The Bertz CT molecular complexity index is 578. The average molecular weight is 284 g/mol. The van der Waals surface area contributed by atoms with Gasteiger partial charge in [0.05, 0.1) is 18.8 Å². The van der Waals surface area contributed by atoms with Gasteiger partial charge < -0.3 is 9.84 Å². The van der Waals surface area contributed by atoms with Gasteiger partial charge in [-0.25, -0.2) is 4.79 Å². The molecule has 2 aromatic carbocycles. The lowest BCUT2D eigenvalue weighted by Crippen LogP contribution is -2.13. The van der Waals surface area contributed by atoms with Crippen LogP contribution in [0.1, 0.15) is 27.9 Å². The first-order valence-electron chi connectivity index (χ1n) is 7.09. The third-order valence-corrected chi connectivity index (χ3v) is 3.48. The molecule has 0 amide bonds. The predicted molar refractivity (Wildman–Crippen MR) is 82.3 cm³/mol. The summed E-state index contributed by atoms with van der Waals surface area (Å²) in [6.45, 7) is 0. The molecule has 2 aromatic rings. The molecule has 1 N–H and O–H groups in total. The lowest BCUT2D eigenvalue weighted by atomic mass is 9.98. The number of hydrogen-bond donors (Lipinski definition) is 1. The van der Waals surface area contributed by atoms with Crippen molar-refractivity contribution in [3.05, 3.63) is 71.3 Å². The Labute approximate surface area is 125 Å². The second kappa shape index (κ2) is 7.60. The molecule has 2 rings (SSSR count). The Kier molecular flexibility index (Phi) is 5.52. The minimum Gasteiger partial charge on any atom is -0.465 e. The Hall–Kier alpha value is -2.13. The minimum atomic E-state index is -0.418. The highest BCUT2D eigenvalue weighted by atomic mass is 16.5. The maximum atomic E-state index is 11.7. The number of methoxy groups -OCH3 is 1. The van der Waals surface area contributed by atoms with E-state index in [2.05, 4.69) is 0 Å². The van der Waals surface area contributed by atoms with Crippen molar-refractivity contribution in [1.82, 2.24) is 0 Å². The molecule has 0 saturated carbocycles. The van der Waals surface area contributed by atoms with Gasteiger partial charge in [-0.3, -0.25) is 0 Å². The smallest absolute Gasteiger partial charge is 0.338 e. The van der Waals surface area contributed by atoms with Crippen LogP contribution >= 0.6 is 0 Å². The number of rotatable bonds is 6. The molecule has 3 nitrogen and oxygen atoms in total. The van der Waals surface area contributed by atoms with Crippen LogP contribution < -0.4 is 0 Å². The zero-order chi connectivity index (χ0) is 15.1. The highest BCUT2D eigenvalue weighted by Gasteiger charge is 2.12. The summed E-state index contributed by atoms with van der Waals surface area (Å²) in [6.07, 6.45) is 1.47. The Morgan fingerprint density at radius 2 is 1.76 bits per heavy atom. The predicted octanol–water partition coefficient (Wildman–Crippen LogP) is 3.01. The number of ether oxygens (including phenoxy) is 1. The Morgan fingerprint density at radius 3 is 2.48 bits per heavy atom. The van der Waals surface area contributed by atoms with Crippen LogP contribution in [0.15, 0.2) is 54.6 Å². The summed E-state index contributed by atoms with van der Waals surface area (Å²) in [7, 11) is 1.38. The van der Waals surface area contributed by atoms with Crippen LogP contribution in [-0.4, -0.2) is 24.3 Å². The molecule has 0 aliphatic rings. The molecule has 3 heteroatoms. The van der Waals surface area contributed by atoms with Gasteiger partial charge in [0.15, 0.2) is 0 Å². The summed E-state index contributed by atoms with van der Waals surface area (Å²) in [5.41, 5.74) is 2.61. The van der Waals surface area contributed by atoms with Crippen LogP contribution in [0.5, 0.6) is 0 Å². The van der Waals surface area contributed by atoms with E-state index in [1.807, 2.05) is 48.5 Å². The van der Waals surface area contributed by atoms with Gasteiger partial charge >= 0.3 is 5.97 Å². The van der Waals surface area contributed by atoms with Crippen molar-refractivity contribution in [2.45, 2.75) is 25.4 Å². The van der Waals surface area contributed by atoms with Crippen molar-refractivity contribution in [2.24, 2.45) is 0 Å². The van der Waals surface area contributed by atoms with Crippen molar-refractivity contribution in [1.29, 1.82) is 0 Å². The molecule has 0 heterocycles. The fourth-order valence-electron chi connectivity index (χ4n) is 2.36. The second-order valence-electron chi connectivity index (χ2n) is 5.03. The molecule has 1 atom stereocenters. The molecule has 0 fully saturated rings. The van der Waals surface area contributed by atoms with E-state index in [1.165, 1.54) is 7.11 Å². The van der Waals surface area contributed by atoms with E-state index in [9.17, 15) is 9.90 Å². The van der Waals surface area contributed by atoms with E-state index in [0.717, 1.165) is 11.1 Å². The molecule has 0 aromatic heterocycles. The number of hydrogen-bond acceptors (Lipinski definition) is 3.